The second kappa shape index (κ2) is 3.57. The van der Waals surface area contributed by atoms with Crippen molar-refractivity contribution in [3.63, 3.8) is 0 Å². The molecule has 0 aliphatic carbocycles. The summed E-state index contributed by atoms with van der Waals surface area (Å²) in [4.78, 5) is 0. The molecule has 0 unspecified atom stereocenters. The van der Waals surface area contributed by atoms with Gasteiger partial charge in [-0.25, -0.2) is 4.39 Å². The van der Waals surface area contributed by atoms with E-state index in [2.05, 4.69) is 0 Å². The first-order valence-corrected chi connectivity index (χ1v) is 3.83. The fraction of sp³-hybridized carbons (Fsp3) is 0.333. The number of hydrogen-bond acceptors (Lipinski definition) is 1. The average molecular weight is 208 g/mol. The molecule has 1 N–H and O–H groups in total. The molecule has 0 aromatic heterocycles. The number of aliphatic hydroxyl groups excluding tert-OH is 1. The van der Waals surface area contributed by atoms with E-state index in [1.807, 2.05) is 0 Å². The molecule has 1 aromatic rings. The molecule has 0 heterocycles. The van der Waals surface area contributed by atoms with Gasteiger partial charge in [0.1, 0.15) is 5.82 Å². The summed E-state index contributed by atoms with van der Waals surface area (Å²) in [6.07, 6.45) is -7.39. The van der Waals surface area contributed by atoms with Crippen LogP contribution in [0.4, 0.5) is 17.6 Å². The Labute approximate surface area is 78.0 Å². The van der Waals surface area contributed by atoms with Crippen LogP contribution in [0.15, 0.2) is 18.2 Å². The molecule has 1 atom stereocenters. The molecule has 0 radical (unpaired) electrons. The summed E-state index contributed by atoms with van der Waals surface area (Å²) >= 11 is 0. The first kappa shape index (κ1) is 11.0. The van der Waals surface area contributed by atoms with Gasteiger partial charge in [0.2, 0.25) is 0 Å². The zero-order valence-corrected chi connectivity index (χ0v) is 7.27. The first-order valence-electron chi connectivity index (χ1n) is 3.83. The molecule has 0 aliphatic heterocycles. The fourth-order valence-corrected chi connectivity index (χ4v) is 1.08. The first-order chi connectivity index (χ1) is 6.32. The summed E-state index contributed by atoms with van der Waals surface area (Å²) in [6.45, 7) is 1.38. The minimum atomic E-state index is -4.77. The monoisotopic (exact) mass is 208 g/mol. The number of halogens is 4. The van der Waals surface area contributed by atoms with Crippen molar-refractivity contribution in [3.05, 3.63) is 35.1 Å². The van der Waals surface area contributed by atoms with E-state index in [0.717, 1.165) is 6.07 Å². The number of alkyl halides is 3. The van der Waals surface area contributed by atoms with Crippen LogP contribution in [0, 0.1) is 12.7 Å². The molecule has 1 aromatic carbocycles. The van der Waals surface area contributed by atoms with Gasteiger partial charge < -0.3 is 5.11 Å². The molecule has 0 saturated carbocycles. The molecule has 14 heavy (non-hydrogen) atoms. The van der Waals surface area contributed by atoms with E-state index < -0.39 is 23.7 Å². The maximum absolute atomic E-state index is 12.6. The van der Waals surface area contributed by atoms with E-state index in [4.69, 9.17) is 5.11 Å². The van der Waals surface area contributed by atoms with Crippen molar-refractivity contribution in [1.29, 1.82) is 0 Å². The van der Waals surface area contributed by atoms with Crippen molar-refractivity contribution in [2.45, 2.75) is 19.2 Å². The summed E-state index contributed by atoms with van der Waals surface area (Å²) in [5, 5.41) is 8.87. The third kappa shape index (κ3) is 2.23. The standard InChI is InChI=1S/C9H8F4O/c1-5-2-3-6(10)4-7(5)8(14)9(11,12)13/h2-4,8,14H,1H3/t8-/m1/s1. The lowest BCUT2D eigenvalue weighted by atomic mass is 10.0. The number of benzene rings is 1. The predicted molar refractivity (Wildman–Crippen MR) is 42.2 cm³/mol. The van der Waals surface area contributed by atoms with Crippen molar-refractivity contribution >= 4 is 0 Å². The number of aliphatic hydroxyl groups is 1. The van der Waals surface area contributed by atoms with Crippen LogP contribution in [0.3, 0.4) is 0 Å². The Morgan fingerprint density at radius 1 is 1.29 bits per heavy atom. The van der Waals surface area contributed by atoms with Gasteiger partial charge in [-0.2, -0.15) is 13.2 Å². The van der Waals surface area contributed by atoms with E-state index in [-0.39, 0.29) is 5.56 Å². The van der Waals surface area contributed by atoms with Gasteiger partial charge in [-0.15, -0.1) is 0 Å². The third-order valence-electron chi connectivity index (χ3n) is 1.85. The average Bonchev–Trinajstić information content (AvgIpc) is 2.06. The normalized spacial score (nSPS) is 14.1. The summed E-state index contributed by atoms with van der Waals surface area (Å²) in [5.41, 5.74) is -0.242. The Morgan fingerprint density at radius 2 is 1.86 bits per heavy atom. The lowest BCUT2D eigenvalue weighted by Gasteiger charge is -2.16. The molecular weight excluding hydrogens is 200 g/mol. The van der Waals surface area contributed by atoms with Gasteiger partial charge in [-0.1, -0.05) is 6.07 Å². The van der Waals surface area contributed by atoms with E-state index in [9.17, 15) is 17.6 Å². The van der Waals surface area contributed by atoms with Gasteiger partial charge in [-0.3, -0.25) is 0 Å². The zero-order chi connectivity index (χ0) is 10.9. The van der Waals surface area contributed by atoms with E-state index in [1.165, 1.54) is 13.0 Å². The molecule has 1 rings (SSSR count). The SMILES string of the molecule is Cc1ccc(F)cc1[C@@H](O)C(F)(F)F. The Morgan fingerprint density at radius 3 is 2.36 bits per heavy atom. The maximum Gasteiger partial charge on any atom is 0.418 e. The van der Waals surface area contributed by atoms with Crippen LogP contribution in [0.1, 0.15) is 17.2 Å². The molecule has 0 aliphatic rings. The molecule has 0 fully saturated rings. The van der Waals surface area contributed by atoms with Crippen LogP contribution >= 0.6 is 0 Å². The molecule has 78 valence electrons. The van der Waals surface area contributed by atoms with Crippen LogP contribution < -0.4 is 0 Å². The van der Waals surface area contributed by atoms with Crippen molar-refractivity contribution in [2.75, 3.05) is 0 Å². The quantitative estimate of drug-likeness (QED) is 0.703. The molecule has 0 amide bonds. The van der Waals surface area contributed by atoms with Crippen LogP contribution in [-0.4, -0.2) is 11.3 Å². The molecular formula is C9H8F4O. The van der Waals surface area contributed by atoms with E-state index in [1.54, 1.807) is 0 Å². The van der Waals surface area contributed by atoms with E-state index >= 15 is 0 Å². The fourth-order valence-electron chi connectivity index (χ4n) is 1.08. The van der Waals surface area contributed by atoms with Crippen molar-refractivity contribution < 1.29 is 22.7 Å². The van der Waals surface area contributed by atoms with Gasteiger partial charge in [0, 0.05) is 0 Å². The smallest absolute Gasteiger partial charge is 0.379 e. The van der Waals surface area contributed by atoms with E-state index in [0.29, 0.717) is 6.07 Å². The Bertz CT molecular complexity index is 332. The lowest BCUT2D eigenvalue weighted by Crippen LogP contribution is -2.21. The predicted octanol–water partition coefficient (Wildman–Crippen LogP) is 2.73. The van der Waals surface area contributed by atoms with Crippen molar-refractivity contribution in [1.82, 2.24) is 0 Å². The topological polar surface area (TPSA) is 20.2 Å². The van der Waals surface area contributed by atoms with Gasteiger partial charge in [0.25, 0.3) is 0 Å². The second-order valence-electron chi connectivity index (χ2n) is 2.95. The van der Waals surface area contributed by atoms with Crippen molar-refractivity contribution in [3.8, 4) is 0 Å². The summed E-state index contributed by atoms with van der Waals surface area (Å²) < 4.78 is 48.8. The lowest BCUT2D eigenvalue weighted by molar-refractivity contribution is -0.207. The summed E-state index contributed by atoms with van der Waals surface area (Å²) in [6, 6.07) is 2.93. The van der Waals surface area contributed by atoms with Gasteiger partial charge in [0.15, 0.2) is 6.10 Å². The third-order valence-corrected chi connectivity index (χ3v) is 1.85. The number of rotatable bonds is 1. The van der Waals surface area contributed by atoms with Crippen molar-refractivity contribution in [2.24, 2.45) is 0 Å². The molecule has 0 bridgehead atoms. The number of aryl methyl sites for hydroxylation is 1. The van der Waals surface area contributed by atoms with Crippen LogP contribution in [0.5, 0.6) is 0 Å². The summed E-state index contributed by atoms with van der Waals surface area (Å²) in [5.74, 6) is -0.797. The molecule has 5 heteroatoms. The van der Waals surface area contributed by atoms with Crippen LogP contribution in [0.2, 0.25) is 0 Å². The molecule has 0 spiro atoms. The Balaban J connectivity index is 3.12. The largest absolute Gasteiger partial charge is 0.418 e. The Hall–Kier alpha value is -1.10. The molecule has 1 nitrogen and oxygen atoms in total. The summed E-state index contributed by atoms with van der Waals surface area (Å²) in [7, 11) is 0. The van der Waals surface area contributed by atoms with Gasteiger partial charge >= 0.3 is 6.18 Å². The maximum atomic E-state index is 12.6. The zero-order valence-electron chi connectivity index (χ0n) is 7.27. The minimum absolute atomic E-state index is 0.205. The molecule has 0 saturated heterocycles. The number of hydrogen-bond donors (Lipinski definition) is 1. The minimum Gasteiger partial charge on any atom is -0.379 e. The van der Waals surface area contributed by atoms with Crippen LogP contribution in [-0.2, 0) is 0 Å². The highest BCUT2D eigenvalue weighted by molar-refractivity contribution is 5.29. The van der Waals surface area contributed by atoms with Gasteiger partial charge in [0.05, 0.1) is 0 Å². The highest BCUT2D eigenvalue weighted by Gasteiger charge is 2.40. The second-order valence-corrected chi connectivity index (χ2v) is 2.95. The Kier molecular flexibility index (Phi) is 2.80. The highest BCUT2D eigenvalue weighted by Crippen LogP contribution is 2.34. The van der Waals surface area contributed by atoms with Gasteiger partial charge in [-0.05, 0) is 30.2 Å². The van der Waals surface area contributed by atoms with Crippen LogP contribution in [0.25, 0.3) is 0 Å². The highest BCUT2D eigenvalue weighted by atomic mass is 19.4.